The van der Waals surface area contributed by atoms with Crippen LogP contribution in [0.25, 0.3) is 0 Å². The lowest BCUT2D eigenvalue weighted by Gasteiger charge is -2.21. The second-order valence-corrected chi connectivity index (χ2v) is 9.02. The van der Waals surface area contributed by atoms with Crippen molar-refractivity contribution in [2.45, 2.75) is 37.9 Å². The highest BCUT2D eigenvalue weighted by atomic mass is 32.2. The molecule has 0 aliphatic rings. The van der Waals surface area contributed by atoms with Crippen molar-refractivity contribution in [3.63, 3.8) is 0 Å². The normalized spacial score (nSPS) is 15.5. The topological polar surface area (TPSA) is 112 Å². The van der Waals surface area contributed by atoms with Gasteiger partial charge in [0.15, 0.2) is 0 Å². The molecule has 6 nitrogen and oxygen atoms in total. The molecule has 0 spiro atoms. The molecule has 1 aromatic carbocycles. The summed E-state index contributed by atoms with van der Waals surface area (Å²) >= 11 is 0. The van der Waals surface area contributed by atoms with Gasteiger partial charge in [-0.2, -0.15) is 8.42 Å². The van der Waals surface area contributed by atoms with E-state index < -0.39 is 23.0 Å². The van der Waals surface area contributed by atoms with Gasteiger partial charge >= 0.3 is 7.60 Å². The van der Waals surface area contributed by atoms with Crippen LogP contribution in [0.5, 0.6) is 0 Å². The van der Waals surface area contributed by atoms with E-state index in [1.807, 2.05) is 30.3 Å². The van der Waals surface area contributed by atoms with Crippen molar-refractivity contribution in [2.24, 2.45) is 5.92 Å². The van der Waals surface area contributed by atoms with Crippen molar-refractivity contribution in [3.05, 3.63) is 35.9 Å². The van der Waals surface area contributed by atoms with Crippen LogP contribution < -0.4 is 0 Å². The van der Waals surface area contributed by atoms with Gasteiger partial charge in [0.25, 0.3) is 10.1 Å². The minimum atomic E-state index is -4.19. The Morgan fingerprint density at radius 2 is 1.73 bits per heavy atom. The van der Waals surface area contributed by atoms with Crippen LogP contribution in [0.4, 0.5) is 0 Å². The molecule has 0 saturated carbocycles. The van der Waals surface area contributed by atoms with E-state index in [4.69, 9.17) is 9.79 Å². The van der Waals surface area contributed by atoms with Gasteiger partial charge in [-0.15, -0.1) is 0 Å². The summed E-state index contributed by atoms with van der Waals surface area (Å²) in [7, 11) is -8.25. The molecule has 0 amide bonds. The molecule has 8 heteroatoms. The number of hydrogen-bond acceptors (Lipinski definition) is 3. The maximum Gasteiger partial charge on any atom is 0.325 e. The maximum absolute atomic E-state index is 11.6. The zero-order valence-corrected chi connectivity index (χ0v) is 14.2. The zero-order valence-electron chi connectivity index (χ0n) is 12.5. The van der Waals surface area contributed by atoms with Crippen molar-refractivity contribution >= 4 is 17.7 Å². The molecule has 1 rings (SSSR count). The second kappa shape index (κ2) is 8.22. The van der Waals surface area contributed by atoms with Gasteiger partial charge in [0, 0.05) is 6.16 Å². The zero-order chi connectivity index (χ0) is 16.8. The lowest BCUT2D eigenvalue weighted by atomic mass is 9.95. The van der Waals surface area contributed by atoms with E-state index in [-0.39, 0.29) is 24.9 Å². The molecule has 2 atom stereocenters. The van der Waals surface area contributed by atoms with Gasteiger partial charge in [-0.1, -0.05) is 43.7 Å². The quantitative estimate of drug-likeness (QED) is 0.358. The maximum atomic E-state index is 11.6. The number of unbranched alkanes of at least 4 members (excludes halogenated alkanes) is 1. The average Bonchev–Trinajstić information content (AvgIpc) is 2.36. The fraction of sp³-hybridized carbons (Fsp3) is 0.571. The summed E-state index contributed by atoms with van der Waals surface area (Å²) < 4.78 is 43.3. The van der Waals surface area contributed by atoms with Crippen molar-refractivity contribution in [1.29, 1.82) is 0 Å². The summed E-state index contributed by atoms with van der Waals surface area (Å²) in [6, 6.07) is 9.39. The summed E-state index contributed by atoms with van der Waals surface area (Å²) in [5.74, 6) is -0.285. The lowest BCUT2D eigenvalue weighted by Crippen LogP contribution is -2.29. The Morgan fingerprint density at radius 3 is 2.23 bits per heavy atom. The van der Waals surface area contributed by atoms with Gasteiger partial charge < -0.3 is 9.79 Å². The van der Waals surface area contributed by atoms with Gasteiger partial charge in [0.05, 0.1) is 5.25 Å². The Labute approximate surface area is 131 Å². The van der Waals surface area contributed by atoms with E-state index in [1.165, 1.54) is 0 Å². The van der Waals surface area contributed by atoms with E-state index in [2.05, 4.69) is 0 Å². The molecule has 0 saturated heterocycles. The predicted molar refractivity (Wildman–Crippen MR) is 85.4 cm³/mol. The summed E-state index contributed by atoms with van der Waals surface area (Å²) in [4.78, 5) is 17.6. The third kappa shape index (κ3) is 7.51. The third-order valence-corrected chi connectivity index (χ3v) is 5.97. The van der Waals surface area contributed by atoms with Crippen LogP contribution in [0.15, 0.2) is 30.3 Å². The van der Waals surface area contributed by atoms with Gasteiger partial charge in [0.2, 0.25) is 0 Å². The molecule has 0 fully saturated rings. The van der Waals surface area contributed by atoms with E-state index in [0.717, 1.165) is 5.56 Å². The fourth-order valence-corrected chi connectivity index (χ4v) is 4.29. The van der Waals surface area contributed by atoms with E-state index in [0.29, 0.717) is 12.8 Å². The molecule has 3 N–H and O–H groups in total. The predicted octanol–water partition coefficient (Wildman–Crippen LogP) is 2.47. The molecule has 0 radical (unpaired) electrons. The first-order valence-electron chi connectivity index (χ1n) is 7.14. The van der Waals surface area contributed by atoms with Gasteiger partial charge in [-0.05, 0) is 30.7 Å². The molecular formula is C14H23O6PS. The molecule has 1 aromatic rings. The van der Waals surface area contributed by atoms with Crippen LogP contribution in [0.3, 0.4) is 0 Å². The standard InChI is InChI=1S/C14H23O6PS/c1-12(11-13-7-3-2-4-8-13)14(22(18,19)20)9-5-6-10-21(15,16)17/h2-4,7-8,12,14H,5-6,9-11H2,1H3,(H2,15,16,17)(H,18,19,20). The third-order valence-electron chi connectivity index (χ3n) is 3.61. The van der Waals surface area contributed by atoms with Gasteiger partial charge in [-0.25, -0.2) is 0 Å². The van der Waals surface area contributed by atoms with E-state index in [9.17, 15) is 17.5 Å². The van der Waals surface area contributed by atoms with Crippen molar-refractivity contribution in [1.82, 2.24) is 0 Å². The van der Waals surface area contributed by atoms with Crippen LogP contribution in [-0.2, 0) is 21.1 Å². The first-order chi connectivity index (χ1) is 10.1. The molecule has 126 valence electrons. The van der Waals surface area contributed by atoms with E-state index in [1.54, 1.807) is 6.92 Å². The first kappa shape index (κ1) is 19.3. The van der Waals surface area contributed by atoms with Crippen LogP contribution in [-0.4, -0.2) is 34.2 Å². The van der Waals surface area contributed by atoms with Gasteiger partial charge in [0.1, 0.15) is 0 Å². The van der Waals surface area contributed by atoms with Crippen molar-refractivity contribution in [3.8, 4) is 0 Å². The summed E-state index contributed by atoms with van der Waals surface area (Å²) in [6.45, 7) is 1.76. The first-order valence-corrected chi connectivity index (χ1v) is 10.4. The SMILES string of the molecule is CC(Cc1ccccc1)C(CCCCP(=O)(O)O)S(=O)(=O)O. The Balaban J connectivity index is 2.63. The van der Waals surface area contributed by atoms with Crippen LogP contribution in [0.1, 0.15) is 31.7 Å². The van der Waals surface area contributed by atoms with Crippen LogP contribution in [0.2, 0.25) is 0 Å². The molecule has 0 aliphatic heterocycles. The molecule has 0 bridgehead atoms. The molecule has 0 aliphatic carbocycles. The highest BCUT2D eigenvalue weighted by Crippen LogP contribution is 2.36. The van der Waals surface area contributed by atoms with Crippen molar-refractivity contribution in [2.75, 3.05) is 6.16 Å². The minimum Gasteiger partial charge on any atom is -0.324 e. The average molecular weight is 350 g/mol. The number of hydrogen-bond donors (Lipinski definition) is 3. The number of rotatable bonds is 9. The highest BCUT2D eigenvalue weighted by molar-refractivity contribution is 7.86. The van der Waals surface area contributed by atoms with E-state index >= 15 is 0 Å². The molecular weight excluding hydrogens is 327 g/mol. The Hall–Kier alpha value is -0.720. The molecule has 0 heterocycles. The minimum absolute atomic E-state index is 0.187. The second-order valence-electron chi connectivity index (χ2n) is 5.60. The highest BCUT2D eigenvalue weighted by Gasteiger charge is 2.29. The summed E-state index contributed by atoms with van der Waals surface area (Å²) in [6.07, 6.45) is 1.01. The molecule has 2 unspecified atom stereocenters. The molecule has 0 aromatic heterocycles. The molecule has 22 heavy (non-hydrogen) atoms. The fourth-order valence-electron chi connectivity index (χ4n) is 2.51. The largest absolute Gasteiger partial charge is 0.325 e. The Kier molecular flexibility index (Phi) is 7.22. The Morgan fingerprint density at radius 1 is 1.14 bits per heavy atom. The number of benzene rings is 1. The van der Waals surface area contributed by atoms with Crippen molar-refractivity contribution < 1.29 is 27.3 Å². The smallest absolute Gasteiger partial charge is 0.324 e. The monoisotopic (exact) mass is 350 g/mol. The van der Waals surface area contributed by atoms with Crippen LogP contribution >= 0.6 is 7.60 Å². The lowest BCUT2D eigenvalue weighted by molar-refractivity contribution is 0.369. The summed E-state index contributed by atoms with van der Waals surface area (Å²) in [5, 5.41) is -0.926. The van der Waals surface area contributed by atoms with Gasteiger partial charge in [-0.3, -0.25) is 9.12 Å². The summed E-state index contributed by atoms with van der Waals surface area (Å²) in [5.41, 5.74) is 0.985. The van der Waals surface area contributed by atoms with Crippen LogP contribution in [0, 0.1) is 5.92 Å². The Bertz CT molecular complexity index is 595.